The molecule has 2 aliphatic heterocycles. The number of carboxylic acid groups (broad SMARTS) is 1. The van der Waals surface area contributed by atoms with Crippen molar-refractivity contribution in [2.75, 3.05) is 11.9 Å². The number of likely N-dealkylation sites (N-methyl/N-ethyl adjacent to an activating group) is 1. The van der Waals surface area contributed by atoms with Gasteiger partial charge in [-0.25, -0.2) is 4.79 Å². The van der Waals surface area contributed by atoms with Crippen molar-refractivity contribution in [2.45, 2.75) is 25.0 Å². The van der Waals surface area contributed by atoms with E-state index in [0.717, 1.165) is 22.0 Å². The highest BCUT2D eigenvalue weighted by molar-refractivity contribution is 6.03. The van der Waals surface area contributed by atoms with Gasteiger partial charge in [-0.05, 0) is 54.5 Å². The Morgan fingerprint density at radius 2 is 1.90 bits per heavy atom. The van der Waals surface area contributed by atoms with Gasteiger partial charge in [0, 0.05) is 30.4 Å². The van der Waals surface area contributed by atoms with Gasteiger partial charge in [-0.2, -0.15) is 0 Å². The number of non-ortho nitro benzene ring substituents is 1. The average Bonchev–Trinajstić information content (AvgIpc) is 2.91. The largest absolute Gasteiger partial charge is 0.478 e. The summed E-state index contributed by atoms with van der Waals surface area (Å²) in [6.07, 6.45) is 3.84. The monoisotopic (exact) mass is 416 g/mol. The van der Waals surface area contributed by atoms with Gasteiger partial charge in [0.05, 0.1) is 10.3 Å². The zero-order valence-corrected chi connectivity index (χ0v) is 17.2. The second-order valence-corrected chi connectivity index (χ2v) is 8.47. The average molecular weight is 416 g/mol. The number of ether oxygens (including phenoxy) is 1. The second kappa shape index (κ2) is 6.07. The second-order valence-electron chi connectivity index (χ2n) is 8.47. The summed E-state index contributed by atoms with van der Waals surface area (Å²) in [6, 6.07) is 14.0. The van der Waals surface area contributed by atoms with E-state index in [1.54, 1.807) is 18.2 Å². The van der Waals surface area contributed by atoms with E-state index in [9.17, 15) is 20.0 Å². The Bertz CT molecular complexity index is 1330. The topological polar surface area (TPSA) is 92.9 Å². The number of hydrogen-bond acceptors (Lipinski definition) is 5. The molecule has 156 valence electrons. The third-order valence-corrected chi connectivity index (χ3v) is 6.62. The lowest BCUT2D eigenvalue weighted by Gasteiger charge is -2.46. The van der Waals surface area contributed by atoms with Crippen LogP contribution in [0.3, 0.4) is 0 Å². The van der Waals surface area contributed by atoms with Crippen LogP contribution >= 0.6 is 0 Å². The van der Waals surface area contributed by atoms with Gasteiger partial charge in [-0.15, -0.1) is 0 Å². The summed E-state index contributed by atoms with van der Waals surface area (Å²) in [7, 11) is 1.86. The lowest BCUT2D eigenvalue weighted by Crippen LogP contribution is -2.58. The molecule has 0 saturated heterocycles. The van der Waals surface area contributed by atoms with Crippen molar-refractivity contribution in [3.8, 4) is 5.75 Å². The van der Waals surface area contributed by atoms with Gasteiger partial charge in [0.2, 0.25) is 5.72 Å². The maximum absolute atomic E-state index is 12.1. The molecule has 2 aliphatic rings. The molecule has 0 fully saturated rings. The van der Waals surface area contributed by atoms with Crippen LogP contribution in [0.4, 0.5) is 11.4 Å². The number of nitro groups is 1. The molecule has 0 amide bonds. The molecule has 0 bridgehead atoms. The minimum absolute atomic E-state index is 0.00897. The molecule has 0 saturated carbocycles. The number of hydrogen-bond donors (Lipinski definition) is 1. The first kappa shape index (κ1) is 19.1. The van der Waals surface area contributed by atoms with Gasteiger partial charge in [0.1, 0.15) is 11.3 Å². The van der Waals surface area contributed by atoms with E-state index in [1.165, 1.54) is 6.07 Å². The first-order chi connectivity index (χ1) is 14.7. The minimum Gasteiger partial charge on any atom is -0.478 e. The molecule has 0 aromatic heterocycles. The number of benzene rings is 3. The smallest absolute Gasteiger partial charge is 0.339 e. The maximum Gasteiger partial charge on any atom is 0.339 e. The van der Waals surface area contributed by atoms with Crippen LogP contribution in [0.1, 0.15) is 35.3 Å². The number of carboxylic acids is 1. The van der Waals surface area contributed by atoms with Crippen molar-refractivity contribution in [2.24, 2.45) is 0 Å². The summed E-state index contributed by atoms with van der Waals surface area (Å²) in [4.78, 5) is 25.0. The molecular weight excluding hydrogens is 396 g/mol. The van der Waals surface area contributed by atoms with Crippen molar-refractivity contribution in [1.29, 1.82) is 0 Å². The van der Waals surface area contributed by atoms with Crippen LogP contribution in [-0.4, -0.2) is 28.8 Å². The van der Waals surface area contributed by atoms with Crippen LogP contribution in [0.5, 0.6) is 5.75 Å². The first-order valence-electron chi connectivity index (χ1n) is 9.87. The predicted octanol–water partition coefficient (Wildman–Crippen LogP) is 4.98. The Balaban J connectivity index is 1.75. The summed E-state index contributed by atoms with van der Waals surface area (Å²) in [5.41, 5.74) is 0.657. The first-order valence-corrected chi connectivity index (χ1v) is 9.87. The summed E-state index contributed by atoms with van der Waals surface area (Å²) in [6.45, 7) is 3.91. The van der Waals surface area contributed by atoms with Crippen molar-refractivity contribution in [3.63, 3.8) is 0 Å². The van der Waals surface area contributed by atoms with E-state index in [-0.39, 0.29) is 11.3 Å². The van der Waals surface area contributed by atoms with E-state index >= 15 is 0 Å². The molecule has 3 aromatic rings. The summed E-state index contributed by atoms with van der Waals surface area (Å²) in [5, 5.41) is 23.0. The van der Waals surface area contributed by atoms with Crippen molar-refractivity contribution in [1.82, 2.24) is 0 Å². The van der Waals surface area contributed by atoms with E-state index in [0.29, 0.717) is 11.3 Å². The molecule has 5 rings (SSSR count). The fraction of sp³-hybridized carbons (Fsp3) is 0.208. The van der Waals surface area contributed by atoms with Crippen molar-refractivity contribution < 1.29 is 19.6 Å². The van der Waals surface area contributed by atoms with E-state index < -0.39 is 22.0 Å². The molecule has 31 heavy (non-hydrogen) atoms. The number of nitro benzene ring substituents is 1. The summed E-state index contributed by atoms with van der Waals surface area (Å²) in [5.74, 6) is -0.769. The highest BCUT2D eigenvalue weighted by atomic mass is 16.6. The Kier molecular flexibility index (Phi) is 3.74. The lowest BCUT2D eigenvalue weighted by molar-refractivity contribution is -0.384. The Hall–Kier alpha value is -3.87. The van der Waals surface area contributed by atoms with Crippen LogP contribution < -0.4 is 9.64 Å². The van der Waals surface area contributed by atoms with Gasteiger partial charge < -0.3 is 14.7 Å². The molecule has 1 spiro atoms. The highest BCUT2D eigenvalue weighted by Crippen LogP contribution is 2.55. The quantitative estimate of drug-likeness (QED) is 0.468. The molecule has 0 radical (unpaired) electrons. The van der Waals surface area contributed by atoms with E-state index in [1.807, 2.05) is 62.2 Å². The fourth-order valence-corrected chi connectivity index (χ4v) is 4.91. The van der Waals surface area contributed by atoms with Crippen LogP contribution in [0.15, 0.2) is 54.6 Å². The Morgan fingerprint density at radius 3 is 2.61 bits per heavy atom. The molecule has 3 aromatic carbocycles. The van der Waals surface area contributed by atoms with Gasteiger partial charge in [0.15, 0.2) is 0 Å². The number of carbonyl (C=O) groups is 1. The van der Waals surface area contributed by atoms with Gasteiger partial charge >= 0.3 is 5.97 Å². The number of fused-ring (bicyclic) bond motifs is 4. The zero-order chi connectivity index (χ0) is 22.1. The van der Waals surface area contributed by atoms with Crippen LogP contribution in [0, 0.1) is 10.1 Å². The van der Waals surface area contributed by atoms with E-state index in [2.05, 4.69) is 0 Å². The standard InChI is InChI=1S/C24H20N2O5/c1-23(2)19-13-15(26(29)30)8-9-20(19)25(3)24(23)11-10-17-16-7-5-4-6-14(16)12-18(22(27)28)21(17)31-24/h4-13H,1-3H3,(H,27,28)/t24-/m0/s1. The number of anilines is 1. The van der Waals surface area contributed by atoms with Crippen molar-refractivity contribution >= 4 is 34.2 Å². The van der Waals surface area contributed by atoms with E-state index in [4.69, 9.17) is 4.74 Å². The Morgan fingerprint density at radius 1 is 1.16 bits per heavy atom. The number of aromatic carboxylic acids is 1. The highest BCUT2D eigenvalue weighted by Gasteiger charge is 2.58. The molecule has 7 heteroatoms. The predicted molar refractivity (Wildman–Crippen MR) is 118 cm³/mol. The van der Waals surface area contributed by atoms with Gasteiger partial charge in [0.25, 0.3) is 5.69 Å². The molecule has 1 atom stereocenters. The SMILES string of the molecule is CN1c2ccc([N+](=O)[O-])cc2C(C)(C)[C@@]12C=Cc1c(c(C(=O)O)cc3ccccc13)O2. The van der Waals surface area contributed by atoms with Crippen LogP contribution in [0.2, 0.25) is 0 Å². The minimum atomic E-state index is -1.07. The molecule has 0 aliphatic carbocycles. The summed E-state index contributed by atoms with van der Waals surface area (Å²) < 4.78 is 6.58. The molecule has 0 unspecified atom stereocenters. The lowest BCUT2D eigenvalue weighted by atomic mass is 9.76. The van der Waals surface area contributed by atoms with Gasteiger partial charge in [-0.1, -0.05) is 24.3 Å². The maximum atomic E-state index is 12.1. The molecule has 2 heterocycles. The molecular formula is C24H20N2O5. The number of nitrogens with zero attached hydrogens (tertiary/aromatic N) is 2. The Labute approximate surface area is 178 Å². The molecule has 7 nitrogen and oxygen atoms in total. The van der Waals surface area contributed by atoms with Crippen LogP contribution in [0.25, 0.3) is 16.8 Å². The third-order valence-electron chi connectivity index (χ3n) is 6.62. The number of rotatable bonds is 2. The normalized spacial score (nSPS) is 20.4. The van der Waals surface area contributed by atoms with Crippen molar-refractivity contribution in [3.05, 3.63) is 81.4 Å². The molecule has 1 N–H and O–H groups in total. The fourth-order valence-electron chi connectivity index (χ4n) is 4.91. The van der Waals surface area contributed by atoms with Gasteiger partial charge in [-0.3, -0.25) is 10.1 Å². The zero-order valence-electron chi connectivity index (χ0n) is 17.2. The van der Waals surface area contributed by atoms with Crippen LogP contribution in [-0.2, 0) is 5.41 Å². The third kappa shape index (κ3) is 2.37. The summed E-state index contributed by atoms with van der Waals surface area (Å²) >= 11 is 0.